The van der Waals surface area contributed by atoms with Gasteiger partial charge in [0.2, 0.25) is 0 Å². The van der Waals surface area contributed by atoms with Crippen molar-refractivity contribution >= 4 is 17.4 Å². The Kier molecular flexibility index (Phi) is 2.72. The van der Waals surface area contributed by atoms with Gasteiger partial charge in [0, 0.05) is 17.5 Å². The maximum atomic E-state index is 5.88. The van der Waals surface area contributed by atoms with Crippen molar-refractivity contribution in [3.63, 3.8) is 0 Å². The van der Waals surface area contributed by atoms with E-state index in [1.807, 2.05) is 12.1 Å². The van der Waals surface area contributed by atoms with Gasteiger partial charge in [-0.2, -0.15) is 11.8 Å². The van der Waals surface area contributed by atoms with Gasteiger partial charge < -0.3 is 15.2 Å². The first-order chi connectivity index (χ1) is 6.81. The van der Waals surface area contributed by atoms with Gasteiger partial charge >= 0.3 is 0 Å². The van der Waals surface area contributed by atoms with Gasteiger partial charge in [0.25, 0.3) is 0 Å². The van der Waals surface area contributed by atoms with Crippen molar-refractivity contribution < 1.29 is 9.47 Å². The molecule has 1 heterocycles. The van der Waals surface area contributed by atoms with Crippen LogP contribution in [-0.2, 0) is 5.75 Å². The van der Waals surface area contributed by atoms with Crippen LogP contribution in [0.2, 0.25) is 0 Å². The van der Waals surface area contributed by atoms with Crippen LogP contribution in [0.4, 0.5) is 5.69 Å². The molecule has 0 aliphatic carbocycles. The van der Waals surface area contributed by atoms with Gasteiger partial charge in [-0.05, 0) is 17.9 Å². The molecule has 0 atom stereocenters. The zero-order chi connectivity index (χ0) is 9.97. The van der Waals surface area contributed by atoms with E-state index in [-0.39, 0.29) is 0 Å². The third-order valence-corrected chi connectivity index (χ3v) is 2.70. The predicted octanol–water partition coefficient (Wildman–Crippen LogP) is 1.90. The molecule has 0 aromatic heterocycles. The molecule has 2 rings (SSSR count). The van der Waals surface area contributed by atoms with Crippen molar-refractivity contribution in [2.24, 2.45) is 0 Å². The summed E-state index contributed by atoms with van der Waals surface area (Å²) in [5.41, 5.74) is 7.78. The van der Waals surface area contributed by atoms with E-state index >= 15 is 0 Å². The highest BCUT2D eigenvalue weighted by Gasteiger charge is 2.13. The van der Waals surface area contributed by atoms with Crippen LogP contribution in [0.3, 0.4) is 0 Å². The minimum absolute atomic E-state index is 0.605. The van der Waals surface area contributed by atoms with Gasteiger partial charge in [0.15, 0.2) is 11.5 Å². The Morgan fingerprint density at radius 3 is 2.57 bits per heavy atom. The van der Waals surface area contributed by atoms with Crippen molar-refractivity contribution in [3.05, 3.63) is 17.7 Å². The van der Waals surface area contributed by atoms with E-state index in [1.165, 1.54) is 0 Å². The van der Waals surface area contributed by atoms with Crippen molar-refractivity contribution in [2.75, 3.05) is 25.2 Å². The molecule has 3 nitrogen and oxygen atoms in total. The minimum atomic E-state index is 0.605. The normalized spacial score (nSPS) is 14.1. The monoisotopic (exact) mass is 211 g/mol. The van der Waals surface area contributed by atoms with Crippen LogP contribution < -0.4 is 15.2 Å². The number of hydrogen-bond donors (Lipinski definition) is 1. The number of fused-ring (bicyclic) bond motifs is 1. The SMILES string of the molecule is CSCc1cc2c(cc1N)OCCO2. The molecular weight excluding hydrogens is 198 g/mol. The van der Waals surface area contributed by atoms with Crippen LogP contribution in [0.1, 0.15) is 5.56 Å². The van der Waals surface area contributed by atoms with Crippen LogP contribution in [0.25, 0.3) is 0 Å². The number of anilines is 1. The summed E-state index contributed by atoms with van der Waals surface area (Å²) in [6.07, 6.45) is 2.05. The maximum Gasteiger partial charge on any atom is 0.163 e. The van der Waals surface area contributed by atoms with E-state index in [1.54, 1.807) is 11.8 Å². The van der Waals surface area contributed by atoms with E-state index in [4.69, 9.17) is 15.2 Å². The van der Waals surface area contributed by atoms with E-state index < -0.39 is 0 Å². The van der Waals surface area contributed by atoms with Gasteiger partial charge in [0.05, 0.1) is 0 Å². The summed E-state index contributed by atoms with van der Waals surface area (Å²) in [5, 5.41) is 0. The summed E-state index contributed by atoms with van der Waals surface area (Å²) in [5.74, 6) is 2.48. The number of ether oxygens (including phenoxy) is 2. The molecule has 0 saturated heterocycles. The molecule has 76 valence electrons. The molecule has 0 amide bonds. The van der Waals surface area contributed by atoms with Gasteiger partial charge in [-0.3, -0.25) is 0 Å². The first kappa shape index (κ1) is 9.52. The Hall–Kier alpha value is -1.03. The van der Waals surface area contributed by atoms with Gasteiger partial charge in [-0.15, -0.1) is 0 Å². The summed E-state index contributed by atoms with van der Waals surface area (Å²) < 4.78 is 10.9. The largest absolute Gasteiger partial charge is 0.486 e. The van der Waals surface area contributed by atoms with E-state index in [0.29, 0.717) is 13.2 Å². The Labute approximate surface area is 87.6 Å². The predicted molar refractivity (Wildman–Crippen MR) is 59.1 cm³/mol. The summed E-state index contributed by atoms with van der Waals surface area (Å²) in [4.78, 5) is 0. The maximum absolute atomic E-state index is 5.88. The van der Waals surface area contributed by atoms with Crippen molar-refractivity contribution in [2.45, 2.75) is 5.75 Å². The second kappa shape index (κ2) is 4.00. The van der Waals surface area contributed by atoms with Crippen molar-refractivity contribution in [3.8, 4) is 11.5 Å². The highest BCUT2D eigenvalue weighted by molar-refractivity contribution is 7.97. The Balaban J connectivity index is 2.35. The molecule has 1 aromatic carbocycles. The van der Waals surface area contributed by atoms with Crippen LogP contribution in [0.15, 0.2) is 12.1 Å². The lowest BCUT2D eigenvalue weighted by Crippen LogP contribution is -2.15. The lowest BCUT2D eigenvalue weighted by molar-refractivity contribution is 0.171. The molecular formula is C10H13NO2S. The molecule has 0 bridgehead atoms. The number of benzene rings is 1. The summed E-state index contributed by atoms with van der Waals surface area (Å²) in [7, 11) is 0. The van der Waals surface area contributed by atoms with E-state index in [9.17, 15) is 0 Å². The lowest BCUT2D eigenvalue weighted by atomic mass is 10.2. The quantitative estimate of drug-likeness (QED) is 0.759. The minimum Gasteiger partial charge on any atom is -0.486 e. The Morgan fingerprint density at radius 1 is 1.29 bits per heavy atom. The molecule has 1 aliphatic heterocycles. The second-order valence-corrected chi connectivity index (χ2v) is 3.99. The fourth-order valence-corrected chi connectivity index (χ4v) is 1.99. The van der Waals surface area contributed by atoms with Crippen molar-refractivity contribution in [1.29, 1.82) is 0 Å². The summed E-state index contributed by atoms with van der Waals surface area (Å²) in [6, 6.07) is 3.82. The van der Waals surface area contributed by atoms with E-state index in [2.05, 4.69) is 6.26 Å². The molecule has 0 radical (unpaired) electrons. The zero-order valence-electron chi connectivity index (χ0n) is 8.08. The van der Waals surface area contributed by atoms with Crippen LogP contribution in [0.5, 0.6) is 11.5 Å². The topological polar surface area (TPSA) is 44.5 Å². The van der Waals surface area contributed by atoms with E-state index in [0.717, 1.165) is 28.5 Å². The first-order valence-electron chi connectivity index (χ1n) is 4.48. The fraction of sp³-hybridized carbons (Fsp3) is 0.400. The molecule has 0 fully saturated rings. The lowest BCUT2D eigenvalue weighted by Gasteiger charge is -2.19. The average Bonchev–Trinajstić information content (AvgIpc) is 2.19. The van der Waals surface area contributed by atoms with Gasteiger partial charge in [-0.25, -0.2) is 0 Å². The number of nitrogen functional groups attached to an aromatic ring is 1. The summed E-state index contributed by atoms with van der Waals surface area (Å²) >= 11 is 1.74. The van der Waals surface area contributed by atoms with Crippen LogP contribution in [0, 0.1) is 0 Å². The molecule has 1 aliphatic rings. The molecule has 14 heavy (non-hydrogen) atoms. The average molecular weight is 211 g/mol. The Morgan fingerprint density at radius 2 is 1.93 bits per heavy atom. The number of hydrogen-bond acceptors (Lipinski definition) is 4. The molecule has 0 saturated carbocycles. The molecule has 1 aromatic rings. The second-order valence-electron chi connectivity index (χ2n) is 3.13. The third-order valence-electron chi connectivity index (χ3n) is 2.10. The smallest absolute Gasteiger partial charge is 0.163 e. The molecule has 0 spiro atoms. The molecule has 2 N–H and O–H groups in total. The molecule has 4 heteroatoms. The van der Waals surface area contributed by atoms with Crippen molar-refractivity contribution in [1.82, 2.24) is 0 Å². The highest BCUT2D eigenvalue weighted by atomic mass is 32.2. The fourth-order valence-electron chi connectivity index (χ4n) is 1.43. The molecule has 0 unspecified atom stereocenters. The number of thioether (sulfide) groups is 1. The standard InChI is InChI=1S/C10H13NO2S/c1-14-6-7-4-9-10(5-8(7)11)13-3-2-12-9/h4-5H,2-3,6,11H2,1H3. The third kappa shape index (κ3) is 1.75. The first-order valence-corrected chi connectivity index (χ1v) is 5.87. The van der Waals surface area contributed by atoms with Crippen LogP contribution in [-0.4, -0.2) is 19.5 Å². The van der Waals surface area contributed by atoms with Gasteiger partial charge in [-0.1, -0.05) is 0 Å². The van der Waals surface area contributed by atoms with Crippen LogP contribution >= 0.6 is 11.8 Å². The summed E-state index contributed by atoms with van der Waals surface area (Å²) in [6.45, 7) is 1.23. The number of nitrogens with two attached hydrogens (primary N) is 1. The highest BCUT2D eigenvalue weighted by Crippen LogP contribution is 2.35. The van der Waals surface area contributed by atoms with Gasteiger partial charge in [0.1, 0.15) is 13.2 Å². The Bertz CT molecular complexity index is 341. The zero-order valence-corrected chi connectivity index (χ0v) is 8.89. The number of rotatable bonds is 2.